The Hall–Kier alpha value is -0.650. The van der Waals surface area contributed by atoms with Crippen LogP contribution < -0.4 is 11.2 Å². The monoisotopic (exact) mass is 241 g/mol. The van der Waals surface area contributed by atoms with Gasteiger partial charge in [0, 0.05) is 19.7 Å². The zero-order valence-corrected chi connectivity index (χ0v) is 10.5. The Balaban J connectivity index is 1.86. The van der Waals surface area contributed by atoms with Crippen LogP contribution >= 0.6 is 0 Å². The molecule has 1 aliphatic heterocycles. The Kier molecular flexibility index (Phi) is 4.36. The molecular formula is C12H23N3O2. The van der Waals surface area contributed by atoms with Gasteiger partial charge in [0.25, 0.3) is 0 Å². The van der Waals surface area contributed by atoms with Crippen molar-refractivity contribution in [2.75, 3.05) is 20.3 Å². The van der Waals surface area contributed by atoms with E-state index < -0.39 is 0 Å². The fourth-order valence-corrected chi connectivity index (χ4v) is 3.13. The number of methoxy groups -OCH3 is 1. The van der Waals surface area contributed by atoms with Crippen molar-refractivity contribution in [2.45, 2.75) is 44.2 Å². The van der Waals surface area contributed by atoms with Crippen molar-refractivity contribution >= 4 is 5.91 Å². The van der Waals surface area contributed by atoms with E-state index >= 15 is 0 Å². The molecule has 2 rings (SSSR count). The lowest BCUT2D eigenvalue weighted by molar-refractivity contribution is -0.126. The molecule has 1 amide bonds. The molecule has 5 heteroatoms. The number of hydrogen-bond donors (Lipinski definition) is 2. The standard InChI is InChI=1S/C12H23N3O2/c1-17-7-6-14-12(16)11-8-9-4-2-3-5-10(9)15(11)13/h9-11H,2-8,13H2,1H3,(H,14,16). The minimum absolute atomic E-state index is 0.0546. The number of rotatable bonds is 4. The fraction of sp³-hybridized carbons (Fsp3) is 0.917. The van der Waals surface area contributed by atoms with E-state index in [1.54, 1.807) is 12.1 Å². The van der Waals surface area contributed by atoms with Gasteiger partial charge in [0.2, 0.25) is 5.91 Å². The highest BCUT2D eigenvalue weighted by atomic mass is 16.5. The molecule has 0 aromatic heterocycles. The molecule has 17 heavy (non-hydrogen) atoms. The second kappa shape index (κ2) is 5.80. The number of nitrogens with one attached hydrogen (secondary N) is 1. The molecule has 3 N–H and O–H groups in total. The van der Waals surface area contributed by atoms with Crippen molar-refractivity contribution in [1.82, 2.24) is 10.3 Å². The van der Waals surface area contributed by atoms with Gasteiger partial charge in [-0.15, -0.1) is 0 Å². The molecule has 0 radical (unpaired) electrons. The Morgan fingerprint density at radius 3 is 2.94 bits per heavy atom. The minimum atomic E-state index is -0.139. The Labute approximate surface area is 103 Å². The van der Waals surface area contributed by atoms with E-state index in [9.17, 15) is 4.79 Å². The molecule has 0 aromatic rings. The van der Waals surface area contributed by atoms with Crippen LogP contribution in [-0.4, -0.2) is 43.3 Å². The van der Waals surface area contributed by atoms with Crippen LogP contribution in [0.15, 0.2) is 0 Å². The first-order chi connectivity index (χ1) is 8.24. The number of nitrogens with zero attached hydrogens (tertiary/aromatic N) is 1. The highest BCUT2D eigenvalue weighted by molar-refractivity contribution is 5.82. The summed E-state index contributed by atoms with van der Waals surface area (Å²) in [5, 5.41) is 4.68. The first-order valence-corrected chi connectivity index (χ1v) is 6.53. The second-order valence-electron chi connectivity index (χ2n) is 5.09. The number of ether oxygens (including phenoxy) is 1. The quantitative estimate of drug-likeness (QED) is 0.547. The highest BCUT2D eigenvalue weighted by Gasteiger charge is 2.43. The van der Waals surface area contributed by atoms with E-state index in [2.05, 4.69) is 5.32 Å². The van der Waals surface area contributed by atoms with Gasteiger partial charge < -0.3 is 10.1 Å². The van der Waals surface area contributed by atoms with Crippen LogP contribution in [0.3, 0.4) is 0 Å². The number of fused-ring (bicyclic) bond motifs is 1. The maximum absolute atomic E-state index is 12.0. The number of carbonyl (C=O) groups is 1. The number of hydrazine groups is 1. The van der Waals surface area contributed by atoms with Gasteiger partial charge in [-0.05, 0) is 25.2 Å². The van der Waals surface area contributed by atoms with Gasteiger partial charge in [0.1, 0.15) is 6.04 Å². The van der Waals surface area contributed by atoms with Crippen molar-refractivity contribution in [3.05, 3.63) is 0 Å². The Morgan fingerprint density at radius 1 is 1.47 bits per heavy atom. The van der Waals surface area contributed by atoms with Crippen LogP contribution in [0.1, 0.15) is 32.1 Å². The van der Waals surface area contributed by atoms with Gasteiger partial charge in [-0.2, -0.15) is 0 Å². The fourth-order valence-electron chi connectivity index (χ4n) is 3.13. The smallest absolute Gasteiger partial charge is 0.238 e. The summed E-state index contributed by atoms with van der Waals surface area (Å²) in [4.78, 5) is 12.0. The van der Waals surface area contributed by atoms with Crippen LogP contribution in [0.4, 0.5) is 0 Å². The molecule has 98 valence electrons. The molecule has 0 spiro atoms. The van der Waals surface area contributed by atoms with Crippen molar-refractivity contribution in [1.29, 1.82) is 0 Å². The SMILES string of the molecule is COCCNC(=O)C1CC2CCCCC2N1N. The molecule has 2 fully saturated rings. The largest absolute Gasteiger partial charge is 0.383 e. The molecular weight excluding hydrogens is 218 g/mol. The summed E-state index contributed by atoms with van der Waals surface area (Å²) in [6, 6.07) is 0.280. The van der Waals surface area contributed by atoms with Crippen LogP contribution in [0.2, 0.25) is 0 Å². The van der Waals surface area contributed by atoms with Gasteiger partial charge in [-0.3, -0.25) is 10.6 Å². The van der Waals surface area contributed by atoms with E-state index in [-0.39, 0.29) is 11.9 Å². The van der Waals surface area contributed by atoms with Crippen LogP contribution in [0.25, 0.3) is 0 Å². The number of carbonyl (C=O) groups excluding carboxylic acids is 1. The summed E-state index contributed by atoms with van der Waals surface area (Å²) >= 11 is 0. The number of nitrogens with two attached hydrogens (primary N) is 1. The summed E-state index contributed by atoms with van der Waals surface area (Å²) in [5.74, 6) is 6.75. The molecule has 1 saturated carbocycles. The summed E-state index contributed by atoms with van der Waals surface area (Å²) in [6.07, 6.45) is 5.81. The van der Waals surface area contributed by atoms with Gasteiger partial charge in [-0.1, -0.05) is 12.8 Å². The summed E-state index contributed by atoms with van der Waals surface area (Å²) in [6.45, 7) is 1.12. The van der Waals surface area contributed by atoms with Gasteiger partial charge in [0.05, 0.1) is 6.61 Å². The predicted octanol–water partition coefficient (Wildman–Crippen LogP) is 0.256. The van der Waals surface area contributed by atoms with E-state index in [0.29, 0.717) is 25.1 Å². The maximum Gasteiger partial charge on any atom is 0.238 e. The van der Waals surface area contributed by atoms with Gasteiger partial charge >= 0.3 is 0 Å². The molecule has 1 heterocycles. The van der Waals surface area contributed by atoms with Crippen LogP contribution in [0, 0.1) is 5.92 Å². The zero-order valence-electron chi connectivity index (χ0n) is 10.5. The first kappa shape index (κ1) is 12.8. The number of amides is 1. The van der Waals surface area contributed by atoms with Gasteiger partial charge in [0.15, 0.2) is 0 Å². The molecule has 2 aliphatic rings. The third-order valence-corrected chi connectivity index (χ3v) is 4.05. The molecule has 0 aromatic carbocycles. The third-order valence-electron chi connectivity index (χ3n) is 4.05. The average Bonchev–Trinajstić information content (AvgIpc) is 2.68. The second-order valence-corrected chi connectivity index (χ2v) is 5.09. The van der Waals surface area contributed by atoms with Crippen molar-refractivity contribution in [3.63, 3.8) is 0 Å². The first-order valence-electron chi connectivity index (χ1n) is 6.53. The predicted molar refractivity (Wildman–Crippen MR) is 65.1 cm³/mol. The molecule has 3 atom stereocenters. The van der Waals surface area contributed by atoms with Crippen LogP contribution in [-0.2, 0) is 9.53 Å². The summed E-state index contributed by atoms with van der Waals surface area (Å²) in [7, 11) is 1.63. The lowest BCUT2D eigenvalue weighted by Crippen LogP contribution is -2.50. The van der Waals surface area contributed by atoms with Crippen LogP contribution in [0.5, 0.6) is 0 Å². The van der Waals surface area contributed by atoms with E-state index in [0.717, 1.165) is 12.8 Å². The van der Waals surface area contributed by atoms with E-state index in [4.69, 9.17) is 10.6 Å². The topological polar surface area (TPSA) is 67.6 Å². The summed E-state index contributed by atoms with van der Waals surface area (Å²) in [5.41, 5.74) is 0. The Morgan fingerprint density at radius 2 is 2.24 bits per heavy atom. The van der Waals surface area contributed by atoms with Crippen molar-refractivity contribution in [3.8, 4) is 0 Å². The maximum atomic E-state index is 12.0. The zero-order chi connectivity index (χ0) is 12.3. The van der Waals surface area contributed by atoms with Gasteiger partial charge in [-0.25, -0.2) is 5.01 Å². The minimum Gasteiger partial charge on any atom is -0.383 e. The molecule has 5 nitrogen and oxygen atoms in total. The molecule has 1 aliphatic carbocycles. The highest BCUT2D eigenvalue weighted by Crippen LogP contribution is 2.37. The average molecular weight is 241 g/mol. The summed E-state index contributed by atoms with van der Waals surface area (Å²) < 4.78 is 4.92. The van der Waals surface area contributed by atoms with Crippen molar-refractivity contribution < 1.29 is 9.53 Å². The van der Waals surface area contributed by atoms with E-state index in [1.165, 1.54) is 19.3 Å². The number of hydrogen-bond acceptors (Lipinski definition) is 4. The van der Waals surface area contributed by atoms with Crippen molar-refractivity contribution in [2.24, 2.45) is 11.8 Å². The molecule has 1 saturated heterocycles. The normalized spacial score (nSPS) is 33.4. The lowest BCUT2D eigenvalue weighted by Gasteiger charge is -2.29. The Bertz CT molecular complexity index is 272. The lowest BCUT2D eigenvalue weighted by atomic mass is 9.85. The van der Waals surface area contributed by atoms with E-state index in [1.807, 2.05) is 0 Å². The molecule has 0 bridgehead atoms. The molecule has 3 unspecified atom stereocenters. The third kappa shape index (κ3) is 2.78.